The Bertz CT molecular complexity index is 309. The van der Waals surface area contributed by atoms with Gasteiger partial charge in [-0.25, -0.2) is 0 Å². The maximum atomic E-state index is 5.38. The van der Waals surface area contributed by atoms with Gasteiger partial charge in [0.15, 0.2) is 0 Å². The number of hydrogen-bond donors (Lipinski definition) is 1. The maximum absolute atomic E-state index is 5.38. The van der Waals surface area contributed by atoms with Crippen LogP contribution in [-0.2, 0) is 9.47 Å². The Hall–Kier alpha value is -0.900. The lowest BCUT2D eigenvalue weighted by atomic mass is 10.0. The van der Waals surface area contributed by atoms with Gasteiger partial charge in [0.05, 0.1) is 12.6 Å². The first-order valence-electron chi connectivity index (χ1n) is 6.28. The van der Waals surface area contributed by atoms with Crippen molar-refractivity contribution in [3.63, 3.8) is 0 Å². The zero-order chi connectivity index (χ0) is 11.9. The third kappa shape index (κ3) is 3.80. The van der Waals surface area contributed by atoms with Crippen molar-refractivity contribution in [1.82, 2.24) is 5.32 Å². The number of hydrogen-bond acceptors (Lipinski definition) is 3. The van der Waals surface area contributed by atoms with Crippen LogP contribution in [0.2, 0.25) is 0 Å². The fourth-order valence-electron chi connectivity index (χ4n) is 2.24. The van der Waals surface area contributed by atoms with Crippen LogP contribution in [0.15, 0.2) is 30.3 Å². The molecule has 0 aliphatic carbocycles. The molecule has 1 aromatic carbocycles. The second-order valence-electron chi connectivity index (χ2n) is 4.47. The van der Waals surface area contributed by atoms with E-state index in [2.05, 4.69) is 29.6 Å². The summed E-state index contributed by atoms with van der Waals surface area (Å²) in [7, 11) is 1.75. The molecule has 94 valence electrons. The standard InChI is InChI=1S/C14H21NO2/c1-16-11-14(12-5-3-2-4-6-12)15-13-7-9-17-10-8-13/h2-6,13-15H,7-11H2,1H3/t14-/m1/s1. The molecular formula is C14H21NO2. The highest BCUT2D eigenvalue weighted by atomic mass is 16.5. The Morgan fingerprint density at radius 1 is 1.29 bits per heavy atom. The summed E-state index contributed by atoms with van der Waals surface area (Å²) in [4.78, 5) is 0. The smallest absolute Gasteiger partial charge is 0.0657 e. The van der Waals surface area contributed by atoms with Crippen LogP contribution in [0.3, 0.4) is 0 Å². The third-order valence-corrected chi connectivity index (χ3v) is 3.19. The number of nitrogens with one attached hydrogen (secondary N) is 1. The number of benzene rings is 1. The molecule has 1 aliphatic rings. The molecule has 3 heteroatoms. The van der Waals surface area contributed by atoms with Gasteiger partial charge in [-0.3, -0.25) is 0 Å². The third-order valence-electron chi connectivity index (χ3n) is 3.19. The molecule has 0 amide bonds. The van der Waals surface area contributed by atoms with Gasteiger partial charge in [0.2, 0.25) is 0 Å². The number of rotatable bonds is 5. The van der Waals surface area contributed by atoms with Gasteiger partial charge in [0, 0.05) is 26.4 Å². The molecule has 0 unspecified atom stereocenters. The average molecular weight is 235 g/mol. The second kappa shape index (κ2) is 6.74. The van der Waals surface area contributed by atoms with Crippen molar-refractivity contribution in [2.45, 2.75) is 24.9 Å². The molecule has 1 atom stereocenters. The van der Waals surface area contributed by atoms with Gasteiger partial charge < -0.3 is 14.8 Å². The molecular weight excluding hydrogens is 214 g/mol. The first-order chi connectivity index (χ1) is 8.40. The van der Waals surface area contributed by atoms with Crippen LogP contribution < -0.4 is 5.32 Å². The monoisotopic (exact) mass is 235 g/mol. The van der Waals surface area contributed by atoms with E-state index in [1.165, 1.54) is 5.56 Å². The van der Waals surface area contributed by atoms with Crippen molar-refractivity contribution in [1.29, 1.82) is 0 Å². The van der Waals surface area contributed by atoms with Gasteiger partial charge in [-0.15, -0.1) is 0 Å². The first kappa shape index (κ1) is 12.6. The maximum Gasteiger partial charge on any atom is 0.0657 e. The van der Waals surface area contributed by atoms with Crippen molar-refractivity contribution >= 4 is 0 Å². The summed E-state index contributed by atoms with van der Waals surface area (Å²) in [6.07, 6.45) is 2.18. The highest BCUT2D eigenvalue weighted by Crippen LogP contribution is 2.17. The molecule has 1 aliphatic heterocycles. The summed E-state index contributed by atoms with van der Waals surface area (Å²) in [5.41, 5.74) is 1.29. The molecule has 3 nitrogen and oxygen atoms in total. The van der Waals surface area contributed by atoms with Gasteiger partial charge in [0.25, 0.3) is 0 Å². The van der Waals surface area contributed by atoms with Gasteiger partial charge in [0.1, 0.15) is 0 Å². The van der Waals surface area contributed by atoms with Crippen LogP contribution in [0.5, 0.6) is 0 Å². The van der Waals surface area contributed by atoms with Gasteiger partial charge >= 0.3 is 0 Å². The minimum absolute atomic E-state index is 0.282. The average Bonchev–Trinajstić information content (AvgIpc) is 2.40. The summed E-state index contributed by atoms with van der Waals surface area (Å²) < 4.78 is 10.7. The number of ether oxygens (including phenoxy) is 2. The van der Waals surface area contributed by atoms with Crippen molar-refractivity contribution < 1.29 is 9.47 Å². The van der Waals surface area contributed by atoms with Crippen LogP contribution in [0.4, 0.5) is 0 Å². The molecule has 17 heavy (non-hydrogen) atoms. The predicted octanol–water partition coefficient (Wildman–Crippen LogP) is 2.14. The first-order valence-corrected chi connectivity index (χ1v) is 6.28. The number of methoxy groups -OCH3 is 1. The summed E-state index contributed by atoms with van der Waals surface area (Å²) >= 11 is 0. The van der Waals surface area contributed by atoms with Crippen LogP contribution in [0.1, 0.15) is 24.4 Å². The lowest BCUT2D eigenvalue weighted by molar-refractivity contribution is 0.0687. The van der Waals surface area contributed by atoms with Crippen molar-refractivity contribution in [2.75, 3.05) is 26.9 Å². The van der Waals surface area contributed by atoms with Crippen molar-refractivity contribution in [2.24, 2.45) is 0 Å². The minimum Gasteiger partial charge on any atom is -0.383 e. The zero-order valence-electron chi connectivity index (χ0n) is 10.4. The molecule has 2 rings (SSSR count). The Labute approximate surface area is 103 Å². The quantitative estimate of drug-likeness (QED) is 0.848. The van der Waals surface area contributed by atoms with Crippen LogP contribution >= 0.6 is 0 Å². The Balaban J connectivity index is 1.96. The Kier molecular flexibility index (Phi) is 4.98. The van der Waals surface area contributed by atoms with Crippen LogP contribution in [0.25, 0.3) is 0 Å². The Morgan fingerprint density at radius 2 is 2.00 bits per heavy atom. The summed E-state index contributed by atoms with van der Waals surface area (Å²) in [5, 5.41) is 3.67. The molecule has 0 bridgehead atoms. The lowest BCUT2D eigenvalue weighted by Gasteiger charge is -2.28. The molecule has 0 saturated carbocycles. The SMILES string of the molecule is COC[C@@H](NC1CCOCC1)c1ccccc1. The highest BCUT2D eigenvalue weighted by molar-refractivity contribution is 5.19. The van der Waals surface area contributed by atoms with Crippen LogP contribution in [0, 0.1) is 0 Å². The summed E-state index contributed by atoms with van der Waals surface area (Å²) in [6.45, 7) is 2.44. The van der Waals surface area contributed by atoms with Crippen molar-refractivity contribution in [3.05, 3.63) is 35.9 Å². The highest BCUT2D eigenvalue weighted by Gasteiger charge is 2.19. The van der Waals surface area contributed by atoms with Gasteiger partial charge in [-0.05, 0) is 18.4 Å². The molecule has 1 aromatic rings. The predicted molar refractivity (Wildman–Crippen MR) is 68.0 cm³/mol. The Morgan fingerprint density at radius 3 is 2.65 bits per heavy atom. The van der Waals surface area contributed by atoms with E-state index in [4.69, 9.17) is 9.47 Å². The summed E-state index contributed by atoms with van der Waals surface area (Å²) in [6, 6.07) is 11.3. The van der Waals surface area contributed by atoms with E-state index in [1.807, 2.05) is 6.07 Å². The molecule has 1 heterocycles. The molecule has 1 N–H and O–H groups in total. The van der Waals surface area contributed by atoms with E-state index < -0.39 is 0 Å². The van der Waals surface area contributed by atoms with E-state index in [9.17, 15) is 0 Å². The zero-order valence-corrected chi connectivity index (χ0v) is 10.4. The molecule has 0 aromatic heterocycles. The largest absolute Gasteiger partial charge is 0.383 e. The van der Waals surface area contributed by atoms with E-state index in [0.29, 0.717) is 12.6 Å². The van der Waals surface area contributed by atoms with Crippen LogP contribution in [-0.4, -0.2) is 33.0 Å². The molecule has 1 saturated heterocycles. The molecule has 0 radical (unpaired) electrons. The van der Waals surface area contributed by atoms with Gasteiger partial charge in [-0.2, -0.15) is 0 Å². The molecule has 0 spiro atoms. The van der Waals surface area contributed by atoms with E-state index in [0.717, 1.165) is 26.1 Å². The fourth-order valence-corrected chi connectivity index (χ4v) is 2.24. The van der Waals surface area contributed by atoms with Gasteiger partial charge in [-0.1, -0.05) is 30.3 Å². The molecule has 1 fully saturated rings. The summed E-state index contributed by atoms with van der Waals surface area (Å²) in [5.74, 6) is 0. The second-order valence-corrected chi connectivity index (χ2v) is 4.47. The van der Waals surface area contributed by atoms with E-state index in [-0.39, 0.29) is 6.04 Å². The topological polar surface area (TPSA) is 30.5 Å². The minimum atomic E-state index is 0.282. The van der Waals surface area contributed by atoms with E-state index >= 15 is 0 Å². The normalized spacial score (nSPS) is 19.1. The fraction of sp³-hybridized carbons (Fsp3) is 0.571. The lowest BCUT2D eigenvalue weighted by Crippen LogP contribution is -2.38. The van der Waals surface area contributed by atoms with E-state index in [1.54, 1.807) is 7.11 Å². The van der Waals surface area contributed by atoms with Crippen molar-refractivity contribution in [3.8, 4) is 0 Å².